The normalized spacial score (nSPS) is 10.3. The number of imidazole rings is 1. The number of carbonyl (C=O) groups excluding carboxylic acids is 1. The van der Waals surface area contributed by atoms with Gasteiger partial charge in [-0.1, -0.05) is 0 Å². The van der Waals surface area contributed by atoms with E-state index in [0.717, 1.165) is 16.6 Å². The van der Waals surface area contributed by atoms with Crippen LogP contribution in [0, 0.1) is 0 Å². The first-order chi connectivity index (χ1) is 7.75. The number of hydrogen-bond acceptors (Lipinski definition) is 2. The summed E-state index contributed by atoms with van der Waals surface area (Å²) in [6.07, 6.45) is 5.84. The Bertz CT molecular complexity index is 463. The topological polar surface area (TPSA) is 73.6 Å². The molecule has 0 saturated heterocycles. The highest BCUT2D eigenvalue weighted by atomic mass is 79.9. The maximum atomic E-state index is 11.6. The Hall–Kier alpha value is -1.56. The maximum Gasteiger partial charge on any atom is 0.267 e. The summed E-state index contributed by atoms with van der Waals surface area (Å²) in [6, 6.07) is 1.74. The van der Waals surface area contributed by atoms with E-state index in [1.807, 2.05) is 0 Å². The Morgan fingerprint density at radius 3 is 3.00 bits per heavy atom. The highest BCUT2D eigenvalue weighted by Crippen LogP contribution is 2.10. The highest BCUT2D eigenvalue weighted by Gasteiger charge is 2.06. The fourth-order valence-electron chi connectivity index (χ4n) is 1.33. The second-order valence-electron chi connectivity index (χ2n) is 3.31. The van der Waals surface area contributed by atoms with Crippen molar-refractivity contribution < 1.29 is 4.79 Å². The van der Waals surface area contributed by atoms with Gasteiger partial charge in [-0.2, -0.15) is 0 Å². The van der Waals surface area contributed by atoms with Crippen LogP contribution in [0.25, 0.3) is 0 Å². The third-order valence-electron chi connectivity index (χ3n) is 2.13. The van der Waals surface area contributed by atoms with Crippen LogP contribution in [0.3, 0.4) is 0 Å². The van der Waals surface area contributed by atoms with E-state index in [1.54, 1.807) is 24.8 Å². The van der Waals surface area contributed by atoms with E-state index >= 15 is 0 Å². The highest BCUT2D eigenvalue weighted by molar-refractivity contribution is 9.10. The van der Waals surface area contributed by atoms with Crippen molar-refractivity contribution in [2.24, 2.45) is 0 Å². The number of hydrogen-bond donors (Lipinski definition) is 3. The molecule has 3 N–H and O–H groups in total. The van der Waals surface area contributed by atoms with Gasteiger partial charge in [-0.05, 0) is 22.0 Å². The predicted molar refractivity (Wildman–Crippen MR) is 63.1 cm³/mol. The molecule has 84 valence electrons. The molecular weight excluding hydrogens is 272 g/mol. The van der Waals surface area contributed by atoms with Crippen molar-refractivity contribution in [3.63, 3.8) is 0 Å². The van der Waals surface area contributed by atoms with Crippen LogP contribution >= 0.6 is 15.9 Å². The largest absolute Gasteiger partial charge is 0.356 e. The van der Waals surface area contributed by atoms with Crippen LogP contribution in [0.1, 0.15) is 16.2 Å². The molecule has 0 fully saturated rings. The fraction of sp³-hybridized carbons (Fsp3) is 0.200. The molecule has 2 aromatic heterocycles. The minimum Gasteiger partial charge on any atom is -0.356 e. The molecule has 0 saturated carbocycles. The number of aromatic amines is 2. The third-order valence-corrected chi connectivity index (χ3v) is 2.58. The Morgan fingerprint density at radius 1 is 1.50 bits per heavy atom. The summed E-state index contributed by atoms with van der Waals surface area (Å²) in [4.78, 5) is 21.3. The summed E-state index contributed by atoms with van der Waals surface area (Å²) >= 11 is 3.28. The number of nitrogens with one attached hydrogen (secondary N) is 3. The number of H-pyrrole nitrogens is 2. The molecule has 0 atom stereocenters. The van der Waals surface area contributed by atoms with Gasteiger partial charge in [-0.25, -0.2) is 4.98 Å². The van der Waals surface area contributed by atoms with Gasteiger partial charge >= 0.3 is 0 Å². The molecule has 2 aromatic rings. The lowest BCUT2D eigenvalue weighted by Crippen LogP contribution is -2.25. The number of aromatic nitrogens is 3. The second-order valence-corrected chi connectivity index (χ2v) is 4.23. The average Bonchev–Trinajstić information content (AvgIpc) is 2.89. The first-order valence-corrected chi connectivity index (χ1v) is 5.64. The first kappa shape index (κ1) is 10.9. The minimum absolute atomic E-state index is 0.106. The number of amides is 1. The van der Waals surface area contributed by atoms with Gasteiger partial charge in [0.2, 0.25) is 0 Å². The van der Waals surface area contributed by atoms with Crippen LogP contribution in [0.2, 0.25) is 0 Å². The van der Waals surface area contributed by atoms with Crippen LogP contribution < -0.4 is 5.32 Å². The van der Waals surface area contributed by atoms with Gasteiger partial charge in [-0.15, -0.1) is 0 Å². The Labute approximate surface area is 101 Å². The first-order valence-electron chi connectivity index (χ1n) is 4.85. The Balaban J connectivity index is 1.80. The zero-order chi connectivity index (χ0) is 11.4. The maximum absolute atomic E-state index is 11.6. The molecule has 0 radical (unpaired) electrons. The molecule has 0 spiro atoms. The van der Waals surface area contributed by atoms with E-state index in [0.29, 0.717) is 12.2 Å². The lowest BCUT2D eigenvalue weighted by Gasteiger charge is -2.01. The summed E-state index contributed by atoms with van der Waals surface area (Å²) in [5.41, 5.74) is 1.56. The van der Waals surface area contributed by atoms with Gasteiger partial charge in [0.1, 0.15) is 5.69 Å². The quantitative estimate of drug-likeness (QED) is 0.795. The van der Waals surface area contributed by atoms with E-state index in [4.69, 9.17) is 0 Å². The standard InChI is InChI=1S/C10H11BrN4O/c11-7-3-9(14-4-7)10(16)13-2-1-8-5-12-6-15-8/h3-6,14H,1-2H2,(H,12,15)(H,13,16). The molecule has 5 nitrogen and oxygen atoms in total. The van der Waals surface area contributed by atoms with Crippen molar-refractivity contribution in [1.82, 2.24) is 20.3 Å². The van der Waals surface area contributed by atoms with Crippen LogP contribution in [0.15, 0.2) is 29.3 Å². The number of nitrogens with zero attached hydrogens (tertiary/aromatic N) is 1. The zero-order valence-corrected chi connectivity index (χ0v) is 10.0. The Morgan fingerprint density at radius 2 is 2.38 bits per heavy atom. The number of halogens is 1. The lowest BCUT2D eigenvalue weighted by atomic mass is 10.3. The molecule has 0 unspecified atom stereocenters. The molecule has 1 amide bonds. The number of rotatable bonds is 4. The average molecular weight is 283 g/mol. The van der Waals surface area contributed by atoms with Gasteiger partial charge < -0.3 is 15.3 Å². The van der Waals surface area contributed by atoms with Crippen molar-refractivity contribution in [3.8, 4) is 0 Å². The van der Waals surface area contributed by atoms with Crippen molar-refractivity contribution in [1.29, 1.82) is 0 Å². The van der Waals surface area contributed by atoms with E-state index in [-0.39, 0.29) is 5.91 Å². The van der Waals surface area contributed by atoms with Gasteiger partial charge in [0, 0.05) is 35.5 Å². The van der Waals surface area contributed by atoms with Crippen LogP contribution in [-0.2, 0) is 6.42 Å². The van der Waals surface area contributed by atoms with Crippen molar-refractivity contribution in [2.45, 2.75) is 6.42 Å². The van der Waals surface area contributed by atoms with Crippen molar-refractivity contribution >= 4 is 21.8 Å². The molecule has 0 aliphatic carbocycles. The molecule has 16 heavy (non-hydrogen) atoms. The van der Waals surface area contributed by atoms with Crippen molar-refractivity contribution in [3.05, 3.63) is 40.6 Å². The van der Waals surface area contributed by atoms with Crippen LogP contribution in [-0.4, -0.2) is 27.4 Å². The molecule has 2 rings (SSSR count). The summed E-state index contributed by atoms with van der Waals surface area (Å²) in [7, 11) is 0. The van der Waals surface area contributed by atoms with E-state index in [2.05, 4.69) is 36.2 Å². The molecule has 0 aliphatic rings. The summed E-state index contributed by atoms with van der Waals surface area (Å²) < 4.78 is 0.867. The molecule has 0 bridgehead atoms. The second kappa shape index (κ2) is 4.98. The lowest BCUT2D eigenvalue weighted by molar-refractivity contribution is 0.0949. The molecule has 2 heterocycles. The van der Waals surface area contributed by atoms with Crippen molar-refractivity contribution in [2.75, 3.05) is 6.54 Å². The summed E-state index contributed by atoms with van der Waals surface area (Å²) in [5.74, 6) is -0.106. The summed E-state index contributed by atoms with van der Waals surface area (Å²) in [6.45, 7) is 0.581. The third kappa shape index (κ3) is 2.73. The van der Waals surface area contributed by atoms with E-state index < -0.39 is 0 Å². The number of carbonyl (C=O) groups is 1. The van der Waals surface area contributed by atoms with Gasteiger partial charge in [-0.3, -0.25) is 4.79 Å². The molecule has 0 aliphatic heterocycles. The minimum atomic E-state index is -0.106. The predicted octanol–water partition coefficient (Wildman–Crippen LogP) is 1.47. The molecular formula is C10H11BrN4O. The van der Waals surface area contributed by atoms with Gasteiger partial charge in [0.15, 0.2) is 0 Å². The van der Waals surface area contributed by atoms with E-state index in [1.165, 1.54) is 0 Å². The molecule has 6 heteroatoms. The Kier molecular flexibility index (Phi) is 3.40. The van der Waals surface area contributed by atoms with Crippen LogP contribution in [0.5, 0.6) is 0 Å². The summed E-state index contributed by atoms with van der Waals surface area (Å²) in [5, 5.41) is 2.81. The molecule has 0 aromatic carbocycles. The van der Waals surface area contributed by atoms with Gasteiger partial charge in [0.05, 0.1) is 6.33 Å². The zero-order valence-electron chi connectivity index (χ0n) is 8.46. The smallest absolute Gasteiger partial charge is 0.267 e. The van der Waals surface area contributed by atoms with Crippen LogP contribution in [0.4, 0.5) is 0 Å². The monoisotopic (exact) mass is 282 g/mol. The van der Waals surface area contributed by atoms with E-state index in [9.17, 15) is 4.79 Å². The van der Waals surface area contributed by atoms with Gasteiger partial charge in [0.25, 0.3) is 5.91 Å². The fourth-order valence-corrected chi connectivity index (χ4v) is 1.67. The SMILES string of the molecule is O=C(NCCc1cnc[nH]1)c1cc(Br)c[nH]1.